The van der Waals surface area contributed by atoms with E-state index in [1.807, 2.05) is 0 Å². The average Bonchev–Trinajstić information content (AvgIpc) is 3.43. The van der Waals surface area contributed by atoms with E-state index in [0.717, 1.165) is 31.8 Å². The van der Waals surface area contributed by atoms with Gasteiger partial charge in [0.2, 0.25) is 5.91 Å². The maximum absolute atomic E-state index is 11.6. The van der Waals surface area contributed by atoms with Gasteiger partial charge in [-0.15, -0.1) is 0 Å². The summed E-state index contributed by atoms with van der Waals surface area (Å²) in [5.74, 6) is 1.88. The topological polar surface area (TPSA) is 65.5 Å². The molecule has 1 aliphatic carbocycles. The van der Waals surface area contributed by atoms with Gasteiger partial charge >= 0.3 is 0 Å². The Kier molecular flexibility index (Phi) is 7.95. The fourth-order valence-corrected chi connectivity index (χ4v) is 2.86. The largest absolute Gasteiger partial charge is 0.357 e. The molecule has 0 saturated heterocycles. The molecule has 0 aromatic heterocycles. The number of carbonyl (C=O) groups is 1. The molecule has 1 amide bonds. The molecular formula is C21H34N4O. The normalized spacial score (nSPS) is 15.7. The van der Waals surface area contributed by atoms with Gasteiger partial charge in [0.25, 0.3) is 0 Å². The number of aliphatic imine (C=N–C) groups is 1. The van der Waals surface area contributed by atoms with Crippen LogP contribution in [-0.4, -0.2) is 31.5 Å². The Morgan fingerprint density at radius 1 is 1.15 bits per heavy atom. The van der Waals surface area contributed by atoms with Gasteiger partial charge in [-0.05, 0) is 50.2 Å². The first-order valence-corrected chi connectivity index (χ1v) is 9.91. The second kappa shape index (κ2) is 10.2. The first kappa shape index (κ1) is 20.3. The number of carbonyl (C=O) groups excluding carboxylic acids is 1. The molecule has 0 spiro atoms. The molecule has 26 heavy (non-hydrogen) atoms. The molecule has 1 aromatic carbocycles. The summed E-state index contributed by atoms with van der Waals surface area (Å²) in [6.07, 6.45) is 3.18. The molecule has 1 fully saturated rings. The first-order chi connectivity index (χ1) is 12.5. The Morgan fingerprint density at radius 3 is 2.42 bits per heavy atom. The lowest BCUT2D eigenvalue weighted by Crippen LogP contribution is -2.39. The van der Waals surface area contributed by atoms with Crippen molar-refractivity contribution in [2.45, 2.75) is 53.0 Å². The molecule has 3 N–H and O–H groups in total. The van der Waals surface area contributed by atoms with Crippen molar-refractivity contribution in [1.82, 2.24) is 16.0 Å². The van der Waals surface area contributed by atoms with Crippen molar-refractivity contribution in [2.24, 2.45) is 16.8 Å². The molecule has 0 bridgehead atoms. The summed E-state index contributed by atoms with van der Waals surface area (Å²) in [6.45, 7) is 10.6. The number of amides is 1. The molecule has 1 unspecified atom stereocenters. The van der Waals surface area contributed by atoms with Crippen LogP contribution in [-0.2, 0) is 11.2 Å². The molecule has 1 aromatic rings. The number of hydrogen-bond donors (Lipinski definition) is 3. The van der Waals surface area contributed by atoms with Crippen LogP contribution in [0.15, 0.2) is 29.3 Å². The molecule has 1 saturated carbocycles. The van der Waals surface area contributed by atoms with Crippen molar-refractivity contribution in [3.63, 3.8) is 0 Å². The number of benzene rings is 1. The third-order valence-corrected chi connectivity index (χ3v) is 4.45. The third kappa shape index (κ3) is 7.06. The number of hydrogen-bond acceptors (Lipinski definition) is 2. The zero-order valence-electron chi connectivity index (χ0n) is 16.6. The molecule has 5 heteroatoms. The highest BCUT2D eigenvalue weighted by Crippen LogP contribution is 2.28. The first-order valence-electron chi connectivity index (χ1n) is 9.91. The van der Waals surface area contributed by atoms with E-state index in [-0.39, 0.29) is 17.9 Å². The van der Waals surface area contributed by atoms with Gasteiger partial charge in [0, 0.05) is 19.0 Å². The summed E-state index contributed by atoms with van der Waals surface area (Å²) >= 11 is 0. The number of nitrogens with zero attached hydrogens (tertiary/aromatic N) is 1. The maximum atomic E-state index is 11.6. The number of nitrogens with one attached hydrogen (secondary N) is 3. The molecular weight excluding hydrogens is 324 g/mol. The van der Waals surface area contributed by atoms with E-state index >= 15 is 0 Å². The minimum atomic E-state index is 0.168. The van der Waals surface area contributed by atoms with Crippen LogP contribution in [0, 0.1) is 11.8 Å². The smallest absolute Gasteiger partial charge is 0.223 e. The molecule has 1 aliphatic rings. The summed E-state index contributed by atoms with van der Waals surface area (Å²) in [4.78, 5) is 16.2. The molecule has 0 heterocycles. The van der Waals surface area contributed by atoms with Crippen LogP contribution < -0.4 is 16.0 Å². The summed E-state index contributed by atoms with van der Waals surface area (Å²) in [5.41, 5.74) is 2.62. The Labute approximate surface area is 158 Å². The average molecular weight is 359 g/mol. The SMILES string of the molecule is CCNC(=NCCNC(=O)C1CC1)NC(C)c1ccc(CC(C)C)cc1. The lowest BCUT2D eigenvalue weighted by molar-refractivity contribution is -0.122. The Balaban J connectivity index is 1.84. The van der Waals surface area contributed by atoms with E-state index in [2.05, 4.69) is 72.9 Å². The fourth-order valence-electron chi connectivity index (χ4n) is 2.86. The van der Waals surface area contributed by atoms with Crippen LogP contribution in [0.5, 0.6) is 0 Å². The zero-order valence-corrected chi connectivity index (χ0v) is 16.6. The number of rotatable bonds is 9. The van der Waals surface area contributed by atoms with Crippen LogP contribution in [0.4, 0.5) is 0 Å². The second-order valence-electron chi connectivity index (χ2n) is 7.53. The summed E-state index contributed by atoms with van der Waals surface area (Å²) in [7, 11) is 0. The zero-order chi connectivity index (χ0) is 18.9. The summed E-state index contributed by atoms with van der Waals surface area (Å²) in [6, 6.07) is 8.97. The van der Waals surface area contributed by atoms with Crippen LogP contribution >= 0.6 is 0 Å². The van der Waals surface area contributed by atoms with Crippen molar-refractivity contribution in [3.05, 3.63) is 35.4 Å². The highest BCUT2D eigenvalue weighted by molar-refractivity contribution is 5.81. The van der Waals surface area contributed by atoms with Crippen LogP contribution in [0.2, 0.25) is 0 Å². The van der Waals surface area contributed by atoms with Gasteiger partial charge in [0.1, 0.15) is 0 Å². The lowest BCUT2D eigenvalue weighted by atomic mass is 10.00. The van der Waals surface area contributed by atoms with Gasteiger partial charge in [-0.2, -0.15) is 0 Å². The molecule has 1 atom stereocenters. The summed E-state index contributed by atoms with van der Waals surface area (Å²) in [5, 5.41) is 9.66. The van der Waals surface area contributed by atoms with Crippen LogP contribution in [0.25, 0.3) is 0 Å². The van der Waals surface area contributed by atoms with Crippen molar-refractivity contribution in [1.29, 1.82) is 0 Å². The van der Waals surface area contributed by atoms with E-state index < -0.39 is 0 Å². The van der Waals surface area contributed by atoms with Crippen molar-refractivity contribution < 1.29 is 4.79 Å². The fraction of sp³-hybridized carbons (Fsp3) is 0.619. The standard InChI is InChI=1S/C21H34N4O/c1-5-22-21(24-13-12-23-20(26)19-10-11-19)25-16(4)18-8-6-17(7-9-18)14-15(2)3/h6-9,15-16,19H,5,10-14H2,1-4H3,(H,23,26)(H2,22,24,25). The van der Waals surface area contributed by atoms with Gasteiger partial charge in [0.15, 0.2) is 5.96 Å². The Morgan fingerprint density at radius 2 is 1.85 bits per heavy atom. The monoisotopic (exact) mass is 358 g/mol. The third-order valence-electron chi connectivity index (χ3n) is 4.45. The van der Waals surface area contributed by atoms with Gasteiger partial charge in [-0.3, -0.25) is 9.79 Å². The second-order valence-corrected chi connectivity index (χ2v) is 7.53. The summed E-state index contributed by atoms with van der Waals surface area (Å²) < 4.78 is 0. The molecule has 0 aliphatic heterocycles. The van der Waals surface area contributed by atoms with Crippen molar-refractivity contribution >= 4 is 11.9 Å². The van der Waals surface area contributed by atoms with Gasteiger partial charge in [-0.25, -0.2) is 0 Å². The predicted octanol–water partition coefficient (Wildman–Crippen LogP) is 3.03. The van der Waals surface area contributed by atoms with Gasteiger partial charge in [-0.1, -0.05) is 38.1 Å². The highest BCUT2D eigenvalue weighted by atomic mass is 16.2. The molecule has 144 valence electrons. The molecule has 0 radical (unpaired) electrons. The molecule has 2 rings (SSSR count). The van der Waals surface area contributed by atoms with Crippen LogP contribution in [0.3, 0.4) is 0 Å². The maximum Gasteiger partial charge on any atom is 0.223 e. The van der Waals surface area contributed by atoms with E-state index in [9.17, 15) is 4.79 Å². The van der Waals surface area contributed by atoms with Gasteiger partial charge in [0.05, 0.1) is 12.6 Å². The van der Waals surface area contributed by atoms with E-state index in [1.165, 1.54) is 11.1 Å². The Bertz CT molecular complexity index is 591. The van der Waals surface area contributed by atoms with E-state index in [0.29, 0.717) is 19.0 Å². The van der Waals surface area contributed by atoms with E-state index in [1.54, 1.807) is 0 Å². The minimum absolute atomic E-state index is 0.168. The van der Waals surface area contributed by atoms with Gasteiger partial charge < -0.3 is 16.0 Å². The predicted molar refractivity (Wildman–Crippen MR) is 108 cm³/mol. The highest BCUT2D eigenvalue weighted by Gasteiger charge is 2.28. The van der Waals surface area contributed by atoms with Crippen molar-refractivity contribution in [2.75, 3.05) is 19.6 Å². The minimum Gasteiger partial charge on any atom is -0.357 e. The van der Waals surface area contributed by atoms with E-state index in [4.69, 9.17) is 0 Å². The number of guanidine groups is 1. The Hall–Kier alpha value is -2.04. The lowest BCUT2D eigenvalue weighted by Gasteiger charge is -2.19. The van der Waals surface area contributed by atoms with Crippen LogP contribution in [0.1, 0.15) is 57.7 Å². The quantitative estimate of drug-likeness (QED) is 0.361. The van der Waals surface area contributed by atoms with Crippen molar-refractivity contribution in [3.8, 4) is 0 Å². The molecule has 5 nitrogen and oxygen atoms in total.